The molecule has 0 aromatic heterocycles. The molecule has 1 saturated heterocycles. The minimum Gasteiger partial charge on any atom is -0.497 e. The van der Waals surface area contributed by atoms with Gasteiger partial charge in [0, 0.05) is 18.5 Å². The van der Waals surface area contributed by atoms with Crippen molar-refractivity contribution < 1.29 is 14.3 Å². The Labute approximate surface area is 161 Å². The number of benzene rings is 1. The Morgan fingerprint density at radius 3 is 2.41 bits per heavy atom. The molecule has 1 atom stereocenters. The van der Waals surface area contributed by atoms with Crippen molar-refractivity contribution in [3.8, 4) is 5.75 Å². The fourth-order valence-electron chi connectivity index (χ4n) is 3.53. The second kappa shape index (κ2) is 9.22. The van der Waals surface area contributed by atoms with E-state index in [4.69, 9.17) is 4.74 Å². The van der Waals surface area contributed by atoms with Gasteiger partial charge in [-0.3, -0.25) is 14.5 Å². The molecule has 1 aliphatic heterocycles. The molecule has 27 heavy (non-hydrogen) atoms. The van der Waals surface area contributed by atoms with Gasteiger partial charge in [0.25, 0.3) is 0 Å². The van der Waals surface area contributed by atoms with Crippen LogP contribution in [0.4, 0.5) is 0 Å². The second-order valence-corrected chi connectivity index (χ2v) is 7.66. The van der Waals surface area contributed by atoms with Gasteiger partial charge in [-0.1, -0.05) is 12.1 Å². The van der Waals surface area contributed by atoms with E-state index in [0.29, 0.717) is 12.6 Å². The Morgan fingerprint density at radius 2 is 1.81 bits per heavy atom. The molecule has 3 rings (SSSR count). The Morgan fingerprint density at radius 1 is 1.15 bits per heavy atom. The molecule has 2 amide bonds. The molecule has 0 spiro atoms. The standard InChI is InChI=1S/C21H31N3O3/c1-15(20(25)22-12-9-16-3-7-19(27-2)8-4-16)24-13-10-17(11-14-24)21(26)23-18-5-6-18/h3-4,7-8,15,17-18H,5-6,9-14H2,1-2H3,(H,22,25)(H,23,26). The molecule has 1 aromatic rings. The number of carbonyl (C=O) groups excluding carboxylic acids is 2. The Balaban J connectivity index is 1.36. The van der Waals surface area contributed by atoms with Crippen LogP contribution in [0.2, 0.25) is 0 Å². The molecule has 2 fully saturated rings. The van der Waals surface area contributed by atoms with Gasteiger partial charge in [0.2, 0.25) is 11.8 Å². The first-order chi connectivity index (χ1) is 13.1. The molecule has 2 aliphatic rings. The summed E-state index contributed by atoms with van der Waals surface area (Å²) in [6, 6.07) is 8.17. The van der Waals surface area contributed by atoms with Crippen LogP contribution in [0, 0.1) is 5.92 Å². The van der Waals surface area contributed by atoms with Crippen LogP contribution in [0.1, 0.15) is 38.2 Å². The third-order valence-corrected chi connectivity index (χ3v) is 5.62. The number of rotatable bonds is 8. The van der Waals surface area contributed by atoms with Crippen LogP contribution in [0.5, 0.6) is 5.75 Å². The zero-order valence-electron chi connectivity index (χ0n) is 16.4. The number of piperidine rings is 1. The maximum absolute atomic E-state index is 12.5. The lowest BCUT2D eigenvalue weighted by Gasteiger charge is -2.34. The first-order valence-electron chi connectivity index (χ1n) is 10.0. The average Bonchev–Trinajstić information content (AvgIpc) is 3.52. The van der Waals surface area contributed by atoms with E-state index in [2.05, 4.69) is 15.5 Å². The number of nitrogens with zero attached hydrogens (tertiary/aromatic N) is 1. The lowest BCUT2D eigenvalue weighted by molar-refractivity contribution is -0.128. The molecule has 1 unspecified atom stereocenters. The first-order valence-corrected chi connectivity index (χ1v) is 10.0. The van der Waals surface area contributed by atoms with Crippen molar-refractivity contribution in [2.45, 2.75) is 51.1 Å². The predicted molar refractivity (Wildman–Crippen MR) is 105 cm³/mol. The number of hydrogen-bond acceptors (Lipinski definition) is 4. The van der Waals surface area contributed by atoms with Crippen molar-refractivity contribution in [2.75, 3.05) is 26.7 Å². The molecule has 0 bridgehead atoms. The normalized spacial score (nSPS) is 19.3. The largest absolute Gasteiger partial charge is 0.497 e. The quantitative estimate of drug-likeness (QED) is 0.728. The highest BCUT2D eigenvalue weighted by Crippen LogP contribution is 2.23. The van der Waals surface area contributed by atoms with Crippen molar-refractivity contribution in [1.82, 2.24) is 15.5 Å². The average molecular weight is 373 g/mol. The second-order valence-electron chi connectivity index (χ2n) is 7.66. The molecule has 2 N–H and O–H groups in total. The molecule has 6 heteroatoms. The van der Waals surface area contributed by atoms with Gasteiger partial charge in [-0.15, -0.1) is 0 Å². The highest BCUT2D eigenvalue weighted by molar-refractivity contribution is 5.81. The summed E-state index contributed by atoms with van der Waals surface area (Å²) in [6.45, 7) is 4.18. The van der Waals surface area contributed by atoms with E-state index in [-0.39, 0.29) is 23.8 Å². The van der Waals surface area contributed by atoms with Crippen molar-refractivity contribution in [1.29, 1.82) is 0 Å². The number of nitrogens with one attached hydrogen (secondary N) is 2. The topological polar surface area (TPSA) is 70.7 Å². The van der Waals surface area contributed by atoms with Crippen LogP contribution in [-0.4, -0.2) is 55.5 Å². The van der Waals surface area contributed by atoms with Gasteiger partial charge in [-0.2, -0.15) is 0 Å². The smallest absolute Gasteiger partial charge is 0.237 e. The molecule has 1 saturated carbocycles. The number of carbonyl (C=O) groups is 2. The van der Waals surface area contributed by atoms with Gasteiger partial charge >= 0.3 is 0 Å². The van der Waals surface area contributed by atoms with Crippen LogP contribution >= 0.6 is 0 Å². The summed E-state index contributed by atoms with van der Waals surface area (Å²) >= 11 is 0. The van der Waals surface area contributed by atoms with Crippen LogP contribution in [0.3, 0.4) is 0 Å². The maximum Gasteiger partial charge on any atom is 0.237 e. The summed E-state index contributed by atoms with van der Waals surface area (Å²) in [5, 5.41) is 6.13. The molecule has 1 heterocycles. The zero-order valence-corrected chi connectivity index (χ0v) is 16.4. The van der Waals surface area contributed by atoms with Gasteiger partial charge in [-0.25, -0.2) is 0 Å². The lowest BCUT2D eigenvalue weighted by Crippen LogP contribution is -2.50. The fraction of sp³-hybridized carbons (Fsp3) is 0.619. The maximum atomic E-state index is 12.5. The highest BCUT2D eigenvalue weighted by Gasteiger charge is 2.32. The molecular formula is C21H31N3O3. The van der Waals surface area contributed by atoms with Crippen molar-refractivity contribution in [2.24, 2.45) is 5.92 Å². The molecule has 1 aliphatic carbocycles. The number of methoxy groups -OCH3 is 1. The third kappa shape index (κ3) is 5.70. The fourth-order valence-corrected chi connectivity index (χ4v) is 3.53. The third-order valence-electron chi connectivity index (χ3n) is 5.62. The molecular weight excluding hydrogens is 342 g/mol. The van der Waals surface area contributed by atoms with E-state index in [9.17, 15) is 9.59 Å². The van der Waals surface area contributed by atoms with Gasteiger partial charge in [0.1, 0.15) is 5.75 Å². The van der Waals surface area contributed by atoms with Gasteiger partial charge in [0.15, 0.2) is 0 Å². The Hall–Kier alpha value is -2.08. The molecule has 1 aromatic carbocycles. The summed E-state index contributed by atoms with van der Waals surface area (Å²) in [5.74, 6) is 1.20. The van der Waals surface area contributed by atoms with E-state index >= 15 is 0 Å². The van der Waals surface area contributed by atoms with Crippen LogP contribution in [-0.2, 0) is 16.0 Å². The summed E-state index contributed by atoms with van der Waals surface area (Å²) in [7, 11) is 1.65. The number of amides is 2. The SMILES string of the molecule is COc1ccc(CCNC(=O)C(C)N2CCC(C(=O)NC3CC3)CC2)cc1. The summed E-state index contributed by atoms with van der Waals surface area (Å²) < 4.78 is 5.15. The number of hydrogen-bond donors (Lipinski definition) is 2. The van der Waals surface area contributed by atoms with E-state index in [1.807, 2.05) is 31.2 Å². The van der Waals surface area contributed by atoms with Crippen LogP contribution < -0.4 is 15.4 Å². The van der Waals surface area contributed by atoms with E-state index < -0.39 is 0 Å². The number of ether oxygens (including phenoxy) is 1. The van der Waals surface area contributed by atoms with E-state index in [1.165, 1.54) is 5.56 Å². The lowest BCUT2D eigenvalue weighted by atomic mass is 9.95. The zero-order chi connectivity index (χ0) is 19.2. The Kier molecular flexibility index (Phi) is 6.72. The van der Waals surface area contributed by atoms with Crippen molar-refractivity contribution in [3.63, 3.8) is 0 Å². The van der Waals surface area contributed by atoms with Crippen molar-refractivity contribution in [3.05, 3.63) is 29.8 Å². The minimum atomic E-state index is -0.159. The van der Waals surface area contributed by atoms with Crippen LogP contribution in [0.15, 0.2) is 24.3 Å². The van der Waals surface area contributed by atoms with Crippen LogP contribution in [0.25, 0.3) is 0 Å². The van der Waals surface area contributed by atoms with Gasteiger partial charge in [0.05, 0.1) is 13.2 Å². The van der Waals surface area contributed by atoms with E-state index in [1.54, 1.807) is 7.11 Å². The molecule has 148 valence electrons. The first kappa shape index (κ1) is 19.7. The minimum absolute atomic E-state index is 0.0596. The monoisotopic (exact) mass is 373 g/mol. The summed E-state index contributed by atoms with van der Waals surface area (Å²) in [6.07, 6.45) is 4.71. The predicted octanol–water partition coefficient (Wildman–Crippen LogP) is 1.73. The summed E-state index contributed by atoms with van der Waals surface area (Å²) in [5.41, 5.74) is 1.17. The number of likely N-dealkylation sites (tertiary alicyclic amines) is 1. The van der Waals surface area contributed by atoms with Gasteiger partial charge < -0.3 is 15.4 Å². The highest BCUT2D eigenvalue weighted by atomic mass is 16.5. The Bertz CT molecular complexity index is 635. The van der Waals surface area contributed by atoms with Crippen molar-refractivity contribution >= 4 is 11.8 Å². The van der Waals surface area contributed by atoms with Gasteiger partial charge in [-0.05, 0) is 69.8 Å². The molecule has 0 radical (unpaired) electrons. The molecule has 6 nitrogen and oxygen atoms in total. The van der Waals surface area contributed by atoms with E-state index in [0.717, 1.165) is 50.9 Å². The summed E-state index contributed by atoms with van der Waals surface area (Å²) in [4.78, 5) is 26.8.